The van der Waals surface area contributed by atoms with Gasteiger partial charge in [0.2, 0.25) is 10.0 Å². The number of nitrogens with two attached hydrogens (primary N) is 1. The first-order valence-electron chi connectivity index (χ1n) is 6.35. The third-order valence-corrected chi connectivity index (χ3v) is 3.86. The van der Waals surface area contributed by atoms with Crippen molar-refractivity contribution in [3.8, 4) is 0 Å². The van der Waals surface area contributed by atoms with Crippen molar-refractivity contribution in [2.75, 3.05) is 0 Å². The maximum absolute atomic E-state index is 11.2. The molecule has 0 bridgehead atoms. The van der Waals surface area contributed by atoms with Crippen LogP contribution in [0.2, 0.25) is 0 Å². The van der Waals surface area contributed by atoms with Crippen LogP contribution in [0.4, 0.5) is 0 Å². The highest BCUT2D eigenvalue weighted by Gasteiger charge is 2.08. The zero-order valence-electron chi connectivity index (χ0n) is 11.7. The van der Waals surface area contributed by atoms with Crippen molar-refractivity contribution in [2.24, 2.45) is 5.14 Å². The molecule has 0 aromatic heterocycles. The number of primary sulfonamides is 1. The first-order chi connectivity index (χ1) is 8.88. The standard InChI is InChI=1S/C15H21NO2S/c1-4-6-14(11-12(3)5-2)13-7-9-15(10-8-13)19(16,17)18/h5,7-11H,4,6H2,1-3H3,(H2,16,17,18)/b12-5+,14-11-. The summed E-state index contributed by atoms with van der Waals surface area (Å²) < 4.78 is 22.4. The largest absolute Gasteiger partial charge is 0.238 e. The van der Waals surface area contributed by atoms with E-state index in [9.17, 15) is 8.42 Å². The van der Waals surface area contributed by atoms with Crippen molar-refractivity contribution in [2.45, 2.75) is 38.5 Å². The predicted octanol–water partition coefficient (Wildman–Crippen LogP) is 3.48. The second-order valence-electron chi connectivity index (χ2n) is 4.52. The van der Waals surface area contributed by atoms with Crippen molar-refractivity contribution >= 4 is 15.6 Å². The average Bonchev–Trinajstić information content (AvgIpc) is 2.37. The Hall–Kier alpha value is -1.39. The van der Waals surface area contributed by atoms with Crippen LogP contribution in [-0.2, 0) is 10.0 Å². The average molecular weight is 279 g/mol. The molecule has 2 N–H and O–H groups in total. The van der Waals surface area contributed by atoms with Crippen LogP contribution in [0.1, 0.15) is 39.2 Å². The molecule has 0 amide bonds. The van der Waals surface area contributed by atoms with Gasteiger partial charge in [0.25, 0.3) is 0 Å². The molecule has 0 atom stereocenters. The molecule has 4 heteroatoms. The molecule has 0 unspecified atom stereocenters. The van der Waals surface area contributed by atoms with E-state index in [-0.39, 0.29) is 4.90 Å². The van der Waals surface area contributed by atoms with Gasteiger partial charge in [-0.2, -0.15) is 0 Å². The fourth-order valence-electron chi connectivity index (χ4n) is 1.79. The molecular formula is C15H21NO2S. The van der Waals surface area contributed by atoms with Crippen molar-refractivity contribution < 1.29 is 8.42 Å². The molecule has 0 saturated carbocycles. The number of hydrogen-bond acceptors (Lipinski definition) is 2. The lowest BCUT2D eigenvalue weighted by atomic mass is 9.99. The first-order valence-corrected chi connectivity index (χ1v) is 7.89. The van der Waals surface area contributed by atoms with Crippen LogP contribution >= 0.6 is 0 Å². The van der Waals surface area contributed by atoms with Crippen LogP contribution in [0.15, 0.2) is 46.9 Å². The molecule has 0 fully saturated rings. The minimum atomic E-state index is -3.62. The van der Waals surface area contributed by atoms with E-state index in [1.165, 1.54) is 11.1 Å². The molecule has 0 aliphatic carbocycles. The Kier molecular flexibility index (Phi) is 5.51. The Morgan fingerprint density at radius 1 is 1.26 bits per heavy atom. The van der Waals surface area contributed by atoms with E-state index in [0.29, 0.717) is 0 Å². The monoisotopic (exact) mass is 279 g/mol. The molecule has 0 spiro atoms. The summed E-state index contributed by atoms with van der Waals surface area (Å²) in [5.41, 5.74) is 3.44. The smallest absolute Gasteiger partial charge is 0.225 e. The van der Waals surface area contributed by atoms with E-state index >= 15 is 0 Å². The predicted molar refractivity (Wildman–Crippen MR) is 80.1 cm³/mol. The van der Waals surface area contributed by atoms with Gasteiger partial charge in [-0.25, -0.2) is 13.6 Å². The van der Waals surface area contributed by atoms with E-state index in [2.05, 4.69) is 13.0 Å². The van der Waals surface area contributed by atoms with E-state index in [1.54, 1.807) is 12.1 Å². The van der Waals surface area contributed by atoms with Crippen LogP contribution < -0.4 is 5.14 Å². The van der Waals surface area contributed by atoms with Gasteiger partial charge in [0.15, 0.2) is 0 Å². The highest BCUT2D eigenvalue weighted by molar-refractivity contribution is 7.89. The summed E-state index contributed by atoms with van der Waals surface area (Å²) in [6.45, 7) is 6.17. The number of sulfonamides is 1. The Morgan fingerprint density at radius 3 is 2.26 bits per heavy atom. The van der Waals surface area contributed by atoms with Crippen molar-refractivity contribution in [1.82, 2.24) is 0 Å². The van der Waals surface area contributed by atoms with Gasteiger partial charge in [-0.15, -0.1) is 0 Å². The topological polar surface area (TPSA) is 60.2 Å². The summed E-state index contributed by atoms with van der Waals surface area (Å²) in [7, 11) is -3.62. The van der Waals surface area contributed by atoms with Crippen molar-refractivity contribution in [3.63, 3.8) is 0 Å². The fourth-order valence-corrected chi connectivity index (χ4v) is 2.30. The highest BCUT2D eigenvalue weighted by Crippen LogP contribution is 2.23. The molecule has 1 aromatic rings. The third-order valence-electron chi connectivity index (χ3n) is 2.93. The van der Waals surface area contributed by atoms with Gasteiger partial charge in [0.05, 0.1) is 4.90 Å². The van der Waals surface area contributed by atoms with Crippen molar-refractivity contribution in [3.05, 3.63) is 47.6 Å². The number of benzene rings is 1. The number of rotatable bonds is 5. The summed E-state index contributed by atoms with van der Waals surface area (Å²) in [5, 5.41) is 5.09. The lowest BCUT2D eigenvalue weighted by molar-refractivity contribution is 0.598. The van der Waals surface area contributed by atoms with E-state index < -0.39 is 10.0 Å². The maximum Gasteiger partial charge on any atom is 0.238 e. The van der Waals surface area contributed by atoms with Crippen LogP contribution in [-0.4, -0.2) is 8.42 Å². The third kappa shape index (κ3) is 4.65. The Labute approximate surface area is 115 Å². The number of hydrogen-bond donors (Lipinski definition) is 1. The van der Waals surface area contributed by atoms with E-state index in [4.69, 9.17) is 5.14 Å². The highest BCUT2D eigenvalue weighted by atomic mass is 32.2. The van der Waals surface area contributed by atoms with Gasteiger partial charge in [-0.3, -0.25) is 0 Å². The van der Waals surface area contributed by atoms with E-state index in [1.807, 2.05) is 32.1 Å². The Morgan fingerprint density at radius 2 is 1.84 bits per heavy atom. The molecule has 0 aliphatic rings. The van der Waals surface area contributed by atoms with Crippen LogP contribution in [0.25, 0.3) is 5.57 Å². The molecule has 0 saturated heterocycles. The van der Waals surface area contributed by atoms with Crippen LogP contribution in [0.5, 0.6) is 0 Å². The van der Waals surface area contributed by atoms with Gasteiger partial charge in [-0.05, 0) is 43.5 Å². The molecule has 19 heavy (non-hydrogen) atoms. The van der Waals surface area contributed by atoms with Crippen LogP contribution in [0.3, 0.4) is 0 Å². The SMILES string of the molecule is C/C=C(C)/C=C(/CCC)c1ccc(S(N)(=O)=O)cc1. The quantitative estimate of drug-likeness (QED) is 0.839. The van der Waals surface area contributed by atoms with Gasteiger partial charge in [-0.1, -0.05) is 43.2 Å². The second kappa shape index (κ2) is 6.68. The second-order valence-corrected chi connectivity index (χ2v) is 6.08. The summed E-state index contributed by atoms with van der Waals surface area (Å²) >= 11 is 0. The maximum atomic E-state index is 11.2. The molecule has 104 valence electrons. The molecular weight excluding hydrogens is 258 g/mol. The molecule has 1 rings (SSSR count). The minimum absolute atomic E-state index is 0.148. The van der Waals surface area contributed by atoms with E-state index in [0.717, 1.165) is 18.4 Å². The van der Waals surface area contributed by atoms with Gasteiger partial charge in [0.1, 0.15) is 0 Å². The Balaban J connectivity index is 3.15. The lowest BCUT2D eigenvalue weighted by Crippen LogP contribution is -2.11. The number of allylic oxidation sites excluding steroid dienone is 4. The molecule has 3 nitrogen and oxygen atoms in total. The molecule has 0 radical (unpaired) electrons. The summed E-state index contributed by atoms with van der Waals surface area (Å²) in [5.74, 6) is 0. The summed E-state index contributed by atoms with van der Waals surface area (Å²) in [6.07, 6.45) is 6.18. The van der Waals surface area contributed by atoms with Gasteiger partial charge < -0.3 is 0 Å². The normalized spacial score (nSPS) is 13.7. The van der Waals surface area contributed by atoms with Crippen molar-refractivity contribution in [1.29, 1.82) is 0 Å². The zero-order valence-corrected chi connectivity index (χ0v) is 12.5. The fraction of sp³-hybridized carbons (Fsp3) is 0.333. The zero-order chi connectivity index (χ0) is 14.5. The van der Waals surface area contributed by atoms with Gasteiger partial charge in [0, 0.05) is 0 Å². The van der Waals surface area contributed by atoms with Gasteiger partial charge >= 0.3 is 0 Å². The van der Waals surface area contributed by atoms with Crippen LogP contribution in [0, 0.1) is 0 Å². The minimum Gasteiger partial charge on any atom is -0.225 e. The molecule has 1 aromatic carbocycles. The molecule has 0 aliphatic heterocycles. The summed E-state index contributed by atoms with van der Waals surface area (Å²) in [6, 6.07) is 6.73. The first kappa shape index (κ1) is 15.7. The Bertz CT molecular complexity index is 581. The lowest BCUT2D eigenvalue weighted by Gasteiger charge is -2.08. The molecule has 0 heterocycles. The summed E-state index contributed by atoms with van der Waals surface area (Å²) in [4.78, 5) is 0.148.